The average Bonchev–Trinajstić information content (AvgIpc) is 2.08. The maximum Gasteiger partial charge on any atom is 0.178 e. The summed E-state index contributed by atoms with van der Waals surface area (Å²) in [7, 11) is 0. The molecule has 0 spiro atoms. The lowest BCUT2D eigenvalue weighted by Gasteiger charge is -2.07. The van der Waals surface area contributed by atoms with E-state index in [1.54, 1.807) is 19.1 Å². The van der Waals surface area contributed by atoms with Gasteiger partial charge < -0.3 is 10.8 Å². The van der Waals surface area contributed by atoms with Crippen molar-refractivity contribution in [1.82, 2.24) is 0 Å². The molecule has 3 nitrogen and oxygen atoms in total. The van der Waals surface area contributed by atoms with E-state index in [0.29, 0.717) is 5.56 Å². The van der Waals surface area contributed by atoms with Crippen LogP contribution in [0.3, 0.4) is 0 Å². The molecule has 0 radical (unpaired) electrons. The third-order valence-corrected chi connectivity index (χ3v) is 2.13. The molecular weight excluding hydrogens is 234 g/mol. The molecule has 3 N–H and O–H groups in total. The van der Waals surface area contributed by atoms with Crippen LogP contribution in [0.4, 0.5) is 5.69 Å². The standard InChI is InChI=1S/C9H10BrNO2/c1-5(10)9(13)6-3-2-4-7(12)8(6)11/h2-5,12H,11H2,1H3. The SMILES string of the molecule is CC(Br)C(=O)c1cccc(O)c1N. The minimum absolute atomic E-state index is 0.0565. The zero-order valence-corrected chi connectivity index (χ0v) is 8.71. The molecule has 0 heterocycles. The second kappa shape index (κ2) is 3.79. The summed E-state index contributed by atoms with van der Waals surface area (Å²) in [5, 5.41) is 9.24. The van der Waals surface area contributed by atoms with Crippen molar-refractivity contribution in [3.05, 3.63) is 23.8 Å². The predicted molar refractivity (Wildman–Crippen MR) is 55.2 cm³/mol. The highest BCUT2D eigenvalue weighted by Gasteiger charge is 2.15. The number of Topliss-reactive ketones (excluding diaryl/α,β-unsaturated/α-hetero) is 1. The summed E-state index contributed by atoms with van der Waals surface area (Å²) in [5.74, 6) is -0.188. The van der Waals surface area contributed by atoms with E-state index >= 15 is 0 Å². The number of para-hydroxylation sites is 1. The van der Waals surface area contributed by atoms with Crippen LogP contribution in [0.2, 0.25) is 0 Å². The fourth-order valence-corrected chi connectivity index (χ4v) is 1.23. The number of anilines is 1. The number of carbonyl (C=O) groups is 1. The normalized spacial score (nSPS) is 12.5. The molecule has 0 amide bonds. The topological polar surface area (TPSA) is 63.3 Å². The smallest absolute Gasteiger partial charge is 0.178 e. The summed E-state index contributed by atoms with van der Waals surface area (Å²) in [6, 6.07) is 4.63. The molecule has 1 unspecified atom stereocenters. The van der Waals surface area contributed by atoms with Gasteiger partial charge in [-0.3, -0.25) is 4.79 Å². The van der Waals surface area contributed by atoms with E-state index < -0.39 is 0 Å². The number of rotatable bonds is 2. The molecule has 0 bridgehead atoms. The Morgan fingerprint density at radius 2 is 2.23 bits per heavy atom. The number of alkyl halides is 1. The number of ketones is 1. The van der Waals surface area contributed by atoms with Crippen LogP contribution >= 0.6 is 15.9 Å². The molecule has 0 saturated heterocycles. The maximum absolute atomic E-state index is 11.5. The summed E-state index contributed by atoms with van der Waals surface area (Å²) in [6.45, 7) is 1.71. The van der Waals surface area contributed by atoms with Crippen molar-refractivity contribution in [2.75, 3.05) is 5.73 Å². The summed E-state index contributed by atoms with van der Waals surface area (Å²) in [4.78, 5) is 11.2. The van der Waals surface area contributed by atoms with E-state index in [9.17, 15) is 9.90 Å². The Labute approximate surface area is 84.7 Å². The number of phenolic OH excluding ortho intramolecular Hbond substituents is 1. The monoisotopic (exact) mass is 243 g/mol. The predicted octanol–water partition coefficient (Wildman–Crippen LogP) is 1.94. The van der Waals surface area contributed by atoms with Gasteiger partial charge in [0.05, 0.1) is 10.5 Å². The Balaban J connectivity index is 3.15. The minimum Gasteiger partial charge on any atom is -0.506 e. The van der Waals surface area contributed by atoms with Crippen LogP contribution in [0.25, 0.3) is 0 Å². The van der Waals surface area contributed by atoms with Gasteiger partial charge in [-0.05, 0) is 19.1 Å². The fraction of sp³-hybridized carbons (Fsp3) is 0.222. The summed E-state index contributed by atoms with van der Waals surface area (Å²) in [6.07, 6.45) is 0. The molecule has 13 heavy (non-hydrogen) atoms. The summed E-state index contributed by atoms with van der Waals surface area (Å²) < 4.78 is 0. The lowest BCUT2D eigenvalue weighted by Crippen LogP contribution is -2.12. The maximum atomic E-state index is 11.5. The minimum atomic E-state index is -0.295. The molecule has 0 aliphatic heterocycles. The van der Waals surface area contributed by atoms with E-state index in [0.717, 1.165) is 0 Å². The van der Waals surface area contributed by atoms with Crippen molar-refractivity contribution in [3.63, 3.8) is 0 Å². The van der Waals surface area contributed by atoms with Gasteiger partial charge in [-0.15, -0.1) is 0 Å². The first-order chi connectivity index (χ1) is 6.04. The first kappa shape index (κ1) is 10.1. The van der Waals surface area contributed by atoms with E-state index in [2.05, 4.69) is 15.9 Å². The van der Waals surface area contributed by atoms with Gasteiger partial charge in [-0.1, -0.05) is 22.0 Å². The van der Waals surface area contributed by atoms with E-state index in [1.807, 2.05) is 0 Å². The number of phenols is 1. The van der Waals surface area contributed by atoms with Crippen LogP contribution in [0.5, 0.6) is 5.75 Å². The number of benzene rings is 1. The van der Waals surface area contributed by atoms with Crippen molar-refractivity contribution >= 4 is 27.4 Å². The van der Waals surface area contributed by atoms with Gasteiger partial charge in [-0.25, -0.2) is 0 Å². The summed E-state index contributed by atoms with van der Waals surface area (Å²) >= 11 is 3.15. The lowest BCUT2D eigenvalue weighted by atomic mass is 10.1. The van der Waals surface area contributed by atoms with Crippen molar-refractivity contribution in [2.24, 2.45) is 0 Å². The van der Waals surface area contributed by atoms with Crippen molar-refractivity contribution < 1.29 is 9.90 Å². The van der Waals surface area contributed by atoms with E-state index in [1.165, 1.54) is 6.07 Å². The molecule has 0 fully saturated rings. The highest BCUT2D eigenvalue weighted by Crippen LogP contribution is 2.25. The van der Waals surface area contributed by atoms with Crippen LogP contribution in [0, 0.1) is 0 Å². The zero-order valence-electron chi connectivity index (χ0n) is 7.12. The molecule has 4 heteroatoms. The number of nitrogens with two attached hydrogens (primary N) is 1. The second-order valence-electron chi connectivity index (χ2n) is 2.72. The van der Waals surface area contributed by atoms with Crippen molar-refractivity contribution in [1.29, 1.82) is 0 Å². The van der Waals surface area contributed by atoms with Gasteiger partial charge in [-0.2, -0.15) is 0 Å². The van der Waals surface area contributed by atoms with E-state index in [4.69, 9.17) is 5.73 Å². The zero-order chi connectivity index (χ0) is 10.0. The van der Waals surface area contributed by atoms with Crippen LogP contribution < -0.4 is 5.73 Å². The Hall–Kier alpha value is -1.03. The Morgan fingerprint density at radius 1 is 1.62 bits per heavy atom. The molecular formula is C9H10BrNO2. The van der Waals surface area contributed by atoms with Crippen LogP contribution in [0.1, 0.15) is 17.3 Å². The molecule has 0 aliphatic carbocycles. The largest absolute Gasteiger partial charge is 0.506 e. The number of carbonyl (C=O) groups excluding carboxylic acids is 1. The molecule has 1 aromatic carbocycles. The average molecular weight is 244 g/mol. The molecule has 1 atom stereocenters. The molecule has 0 aromatic heterocycles. The first-order valence-corrected chi connectivity index (χ1v) is 4.71. The van der Waals surface area contributed by atoms with Gasteiger partial charge in [0, 0.05) is 5.56 Å². The van der Waals surface area contributed by atoms with Gasteiger partial charge in [0.1, 0.15) is 5.75 Å². The van der Waals surface area contributed by atoms with Gasteiger partial charge in [0.2, 0.25) is 0 Å². The lowest BCUT2D eigenvalue weighted by molar-refractivity contribution is 0.0996. The molecule has 0 saturated carbocycles. The number of hydrogen-bond donors (Lipinski definition) is 2. The Bertz CT molecular complexity index is 336. The number of halogens is 1. The second-order valence-corrected chi connectivity index (χ2v) is 4.09. The van der Waals surface area contributed by atoms with E-state index in [-0.39, 0.29) is 22.0 Å². The molecule has 1 aromatic rings. The van der Waals surface area contributed by atoms with Crippen molar-refractivity contribution in [2.45, 2.75) is 11.8 Å². The fourth-order valence-electron chi connectivity index (χ4n) is 0.982. The molecule has 1 rings (SSSR count). The summed E-state index contributed by atoms with van der Waals surface area (Å²) in [5.41, 5.74) is 6.02. The molecule has 70 valence electrons. The Morgan fingerprint density at radius 3 is 2.77 bits per heavy atom. The van der Waals surface area contributed by atoms with Gasteiger partial charge in [0.25, 0.3) is 0 Å². The van der Waals surface area contributed by atoms with Gasteiger partial charge >= 0.3 is 0 Å². The molecule has 0 aliphatic rings. The van der Waals surface area contributed by atoms with Crippen molar-refractivity contribution in [3.8, 4) is 5.75 Å². The number of nitrogen functional groups attached to an aromatic ring is 1. The first-order valence-electron chi connectivity index (χ1n) is 3.79. The highest BCUT2D eigenvalue weighted by molar-refractivity contribution is 9.10. The quantitative estimate of drug-likeness (QED) is 0.361. The number of hydrogen-bond acceptors (Lipinski definition) is 3. The Kier molecular flexibility index (Phi) is 2.93. The van der Waals surface area contributed by atoms with Crippen LogP contribution in [-0.4, -0.2) is 15.7 Å². The van der Waals surface area contributed by atoms with Gasteiger partial charge in [0.15, 0.2) is 5.78 Å². The highest BCUT2D eigenvalue weighted by atomic mass is 79.9. The van der Waals surface area contributed by atoms with Crippen LogP contribution in [0.15, 0.2) is 18.2 Å². The number of aromatic hydroxyl groups is 1. The third kappa shape index (κ3) is 2.01. The third-order valence-electron chi connectivity index (χ3n) is 1.71. The van der Waals surface area contributed by atoms with Crippen LogP contribution in [-0.2, 0) is 0 Å².